The van der Waals surface area contributed by atoms with Gasteiger partial charge < -0.3 is 5.73 Å². The van der Waals surface area contributed by atoms with Crippen LogP contribution < -0.4 is 5.73 Å². The third-order valence-electron chi connectivity index (χ3n) is 3.42. The molecule has 2 heterocycles. The van der Waals surface area contributed by atoms with Gasteiger partial charge in [0.15, 0.2) is 0 Å². The van der Waals surface area contributed by atoms with E-state index >= 15 is 0 Å². The first-order chi connectivity index (χ1) is 10.2. The fourth-order valence-corrected chi connectivity index (χ4v) is 3.15. The predicted molar refractivity (Wildman–Crippen MR) is 87.2 cm³/mol. The van der Waals surface area contributed by atoms with Gasteiger partial charge in [0.1, 0.15) is 10.7 Å². The quantitative estimate of drug-likeness (QED) is 0.797. The SMILES string of the molecule is Cc1cccnc1-c1nc(CC(N)c2ccccc2)cs1. The monoisotopic (exact) mass is 295 g/mol. The lowest BCUT2D eigenvalue weighted by Gasteiger charge is -2.09. The maximum absolute atomic E-state index is 6.25. The molecule has 106 valence electrons. The van der Waals surface area contributed by atoms with Crippen molar-refractivity contribution in [2.24, 2.45) is 5.73 Å². The first-order valence-electron chi connectivity index (χ1n) is 6.91. The highest BCUT2D eigenvalue weighted by molar-refractivity contribution is 7.13. The van der Waals surface area contributed by atoms with Crippen molar-refractivity contribution in [3.05, 3.63) is 70.9 Å². The maximum Gasteiger partial charge on any atom is 0.142 e. The van der Waals surface area contributed by atoms with Crippen molar-refractivity contribution in [1.82, 2.24) is 9.97 Å². The van der Waals surface area contributed by atoms with Crippen LogP contribution in [-0.2, 0) is 6.42 Å². The fraction of sp³-hybridized carbons (Fsp3) is 0.176. The van der Waals surface area contributed by atoms with Crippen molar-refractivity contribution < 1.29 is 0 Å². The van der Waals surface area contributed by atoms with Crippen molar-refractivity contribution in [1.29, 1.82) is 0 Å². The Labute approximate surface area is 128 Å². The van der Waals surface area contributed by atoms with E-state index in [0.717, 1.165) is 33.9 Å². The van der Waals surface area contributed by atoms with Crippen LogP contribution in [0, 0.1) is 6.92 Å². The van der Waals surface area contributed by atoms with Crippen LogP contribution in [0.4, 0.5) is 0 Å². The topological polar surface area (TPSA) is 51.8 Å². The smallest absolute Gasteiger partial charge is 0.142 e. The van der Waals surface area contributed by atoms with Gasteiger partial charge >= 0.3 is 0 Å². The van der Waals surface area contributed by atoms with Crippen molar-refractivity contribution in [3.8, 4) is 10.7 Å². The van der Waals surface area contributed by atoms with Crippen LogP contribution in [0.2, 0.25) is 0 Å². The molecule has 0 spiro atoms. The molecule has 0 radical (unpaired) electrons. The highest BCUT2D eigenvalue weighted by atomic mass is 32.1. The Kier molecular flexibility index (Phi) is 4.08. The van der Waals surface area contributed by atoms with E-state index in [0.29, 0.717) is 0 Å². The largest absolute Gasteiger partial charge is 0.324 e. The molecule has 0 saturated heterocycles. The number of rotatable bonds is 4. The first-order valence-corrected chi connectivity index (χ1v) is 7.79. The molecule has 4 heteroatoms. The lowest BCUT2D eigenvalue weighted by atomic mass is 10.0. The Balaban J connectivity index is 1.78. The standard InChI is InChI=1S/C17H17N3S/c1-12-6-5-9-19-16(12)17-20-14(11-21-17)10-15(18)13-7-3-2-4-8-13/h2-9,11,15H,10,18H2,1H3. The normalized spacial score (nSPS) is 12.3. The number of aryl methyl sites for hydroxylation is 1. The minimum Gasteiger partial charge on any atom is -0.324 e. The van der Waals surface area contributed by atoms with E-state index in [1.807, 2.05) is 24.3 Å². The van der Waals surface area contributed by atoms with Crippen LogP contribution in [-0.4, -0.2) is 9.97 Å². The maximum atomic E-state index is 6.25. The number of nitrogens with zero attached hydrogens (tertiary/aromatic N) is 2. The van der Waals surface area contributed by atoms with Gasteiger partial charge in [-0.05, 0) is 24.1 Å². The molecule has 0 amide bonds. The molecule has 2 N–H and O–H groups in total. The van der Waals surface area contributed by atoms with Gasteiger partial charge in [-0.15, -0.1) is 11.3 Å². The van der Waals surface area contributed by atoms with Gasteiger partial charge in [0, 0.05) is 24.0 Å². The number of pyridine rings is 1. The third-order valence-corrected chi connectivity index (χ3v) is 4.32. The second-order valence-corrected chi connectivity index (χ2v) is 5.89. The van der Waals surface area contributed by atoms with E-state index < -0.39 is 0 Å². The molecule has 1 unspecified atom stereocenters. The van der Waals surface area contributed by atoms with E-state index in [9.17, 15) is 0 Å². The summed E-state index contributed by atoms with van der Waals surface area (Å²) in [5, 5.41) is 3.04. The second-order valence-electron chi connectivity index (χ2n) is 5.03. The molecule has 0 aliphatic rings. The average Bonchev–Trinajstić information content (AvgIpc) is 2.97. The van der Waals surface area contributed by atoms with E-state index in [2.05, 4.69) is 40.5 Å². The highest BCUT2D eigenvalue weighted by Gasteiger charge is 2.12. The second kappa shape index (κ2) is 6.16. The van der Waals surface area contributed by atoms with Crippen LogP contribution in [0.25, 0.3) is 10.7 Å². The van der Waals surface area contributed by atoms with Gasteiger partial charge in [-0.1, -0.05) is 36.4 Å². The Morgan fingerprint density at radius 3 is 2.71 bits per heavy atom. The predicted octanol–water partition coefficient (Wildman–Crippen LogP) is 3.76. The molecule has 1 atom stereocenters. The van der Waals surface area contributed by atoms with Crippen LogP contribution in [0.5, 0.6) is 0 Å². The summed E-state index contributed by atoms with van der Waals surface area (Å²) in [6.45, 7) is 2.05. The summed E-state index contributed by atoms with van der Waals surface area (Å²) in [7, 11) is 0. The molecule has 2 aromatic heterocycles. The van der Waals surface area contributed by atoms with Gasteiger partial charge in [-0.2, -0.15) is 0 Å². The molecule has 3 aromatic rings. The molecule has 0 aliphatic heterocycles. The van der Waals surface area contributed by atoms with E-state index in [-0.39, 0.29) is 6.04 Å². The molecule has 0 bridgehead atoms. The van der Waals surface area contributed by atoms with Gasteiger partial charge in [0.05, 0.1) is 5.69 Å². The number of benzene rings is 1. The summed E-state index contributed by atoms with van der Waals surface area (Å²) >= 11 is 1.62. The minimum atomic E-state index is -0.0222. The zero-order chi connectivity index (χ0) is 14.7. The van der Waals surface area contributed by atoms with E-state index in [4.69, 9.17) is 5.73 Å². The molecule has 0 aliphatic carbocycles. The number of aromatic nitrogens is 2. The molecule has 0 fully saturated rings. The Morgan fingerprint density at radius 1 is 1.14 bits per heavy atom. The number of nitrogens with two attached hydrogens (primary N) is 1. The van der Waals surface area contributed by atoms with Crippen molar-refractivity contribution in [2.75, 3.05) is 0 Å². The summed E-state index contributed by atoms with van der Waals surface area (Å²) in [5.41, 5.74) is 10.5. The lowest BCUT2D eigenvalue weighted by Crippen LogP contribution is -2.13. The minimum absolute atomic E-state index is 0.0222. The van der Waals surface area contributed by atoms with E-state index in [1.165, 1.54) is 0 Å². The molecular formula is C17H17N3S. The van der Waals surface area contributed by atoms with Crippen molar-refractivity contribution in [2.45, 2.75) is 19.4 Å². The van der Waals surface area contributed by atoms with Crippen LogP contribution in [0.15, 0.2) is 54.0 Å². The lowest BCUT2D eigenvalue weighted by molar-refractivity contribution is 0.710. The highest BCUT2D eigenvalue weighted by Crippen LogP contribution is 2.26. The van der Waals surface area contributed by atoms with Crippen molar-refractivity contribution in [3.63, 3.8) is 0 Å². The molecule has 3 rings (SSSR count). The third kappa shape index (κ3) is 3.17. The number of hydrogen-bond donors (Lipinski definition) is 1. The summed E-state index contributed by atoms with van der Waals surface area (Å²) in [6, 6.07) is 14.1. The first kappa shape index (κ1) is 13.9. The fourth-order valence-electron chi connectivity index (χ4n) is 2.26. The van der Waals surface area contributed by atoms with Gasteiger partial charge in [0.2, 0.25) is 0 Å². The Hall–Kier alpha value is -2.04. The van der Waals surface area contributed by atoms with Gasteiger partial charge in [0.25, 0.3) is 0 Å². The van der Waals surface area contributed by atoms with Gasteiger partial charge in [-0.3, -0.25) is 4.98 Å². The van der Waals surface area contributed by atoms with Gasteiger partial charge in [-0.25, -0.2) is 4.98 Å². The Morgan fingerprint density at radius 2 is 1.95 bits per heavy atom. The average molecular weight is 295 g/mol. The molecular weight excluding hydrogens is 278 g/mol. The summed E-state index contributed by atoms with van der Waals surface area (Å²) < 4.78 is 0. The zero-order valence-corrected chi connectivity index (χ0v) is 12.7. The molecule has 1 aromatic carbocycles. The molecule has 3 nitrogen and oxygen atoms in total. The number of thiazole rings is 1. The summed E-state index contributed by atoms with van der Waals surface area (Å²) in [5.74, 6) is 0. The summed E-state index contributed by atoms with van der Waals surface area (Å²) in [4.78, 5) is 9.10. The number of hydrogen-bond acceptors (Lipinski definition) is 4. The zero-order valence-electron chi connectivity index (χ0n) is 11.9. The molecule has 21 heavy (non-hydrogen) atoms. The van der Waals surface area contributed by atoms with Crippen LogP contribution in [0.1, 0.15) is 22.9 Å². The van der Waals surface area contributed by atoms with Crippen molar-refractivity contribution >= 4 is 11.3 Å². The Bertz CT molecular complexity index is 722. The van der Waals surface area contributed by atoms with Crippen LogP contribution in [0.3, 0.4) is 0 Å². The summed E-state index contributed by atoms with van der Waals surface area (Å²) in [6.07, 6.45) is 2.55. The van der Waals surface area contributed by atoms with E-state index in [1.54, 1.807) is 17.5 Å². The molecule has 0 saturated carbocycles. The van der Waals surface area contributed by atoms with Crippen LogP contribution >= 0.6 is 11.3 Å².